The van der Waals surface area contributed by atoms with E-state index in [-0.39, 0.29) is 0 Å². The summed E-state index contributed by atoms with van der Waals surface area (Å²) in [6.07, 6.45) is 8.56. The van der Waals surface area contributed by atoms with Gasteiger partial charge >= 0.3 is 0 Å². The first kappa shape index (κ1) is 18.9. The van der Waals surface area contributed by atoms with Crippen molar-refractivity contribution in [2.24, 2.45) is 0 Å². The summed E-state index contributed by atoms with van der Waals surface area (Å²) < 4.78 is 9.62. The highest BCUT2D eigenvalue weighted by Gasteiger charge is 2.07. The summed E-state index contributed by atoms with van der Waals surface area (Å²) in [7, 11) is 1.69. The Morgan fingerprint density at radius 3 is 1.41 bits per heavy atom. The number of methoxy groups -OCH3 is 1. The first-order valence-electron chi connectivity index (χ1n) is 9.87. The van der Waals surface area contributed by atoms with Gasteiger partial charge in [0.1, 0.15) is 5.75 Å². The van der Waals surface area contributed by atoms with Crippen molar-refractivity contribution in [1.29, 1.82) is 0 Å². The molecule has 2 heterocycles. The van der Waals surface area contributed by atoms with Gasteiger partial charge in [-0.2, -0.15) is 0 Å². The van der Waals surface area contributed by atoms with Crippen LogP contribution in [0.15, 0.2) is 97.6 Å². The van der Waals surface area contributed by atoms with E-state index in [2.05, 4.69) is 102 Å². The van der Waals surface area contributed by atoms with E-state index >= 15 is 0 Å². The van der Waals surface area contributed by atoms with Gasteiger partial charge in [-0.25, -0.2) is 9.13 Å². The molecule has 0 unspecified atom stereocenters. The number of pyridine rings is 2. The first-order valence-corrected chi connectivity index (χ1v) is 9.87. The molecule has 4 aromatic rings. The van der Waals surface area contributed by atoms with E-state index in [1.807, 2.05) is 12.1 Å². The molecule has 0 N–H and O–H groups in total. The van der Waals surface area contributed by atoms with Gasteiger partial charge in [-0.15, -0.1) is 0 Å². The Kier molecular flexibility index (Phi) is 5.66. The predicted molar refractivity (Wildman–Crippen MR) is 115 cm³/mol. The van der Waals surface area contributed by atoms with Gasteiger partial charge in [0.25, 0.3) is 0 Å². The monoisotopic (exact) mass is 382 g/mol. The molecule has 4 rings (SSSR count). The van der Waals surface area contributed by atoms with Crippen LogP contribution in [0.4, 0.5) is 0 Å². The highest BCUT2D eigenvalue weighted by atomic mass is 16.5. The zero-order valence-electron chi connectivity index (χ0n) is 17.0. The van der Waals surface area contributed by atoms with E-state index in [1.54, 1.807) is 7.11 Å². The number of ether oxygens (including phenoxy) is 1. The highest BCUT2D eigenvalue weighted by molar-refractivity contribution is 5.60. The fraction of sp³-hybridized carbons (Fsp3) is 0.154. The molecule has 3 heteroatoms. The molecule has 0 saturated heterocycles. The van der Waals surface area contributed by atoms with Gasteiger partial charge in [0.05, 0.1) is 7.11 Å². The number of aromatic nitrogens is 2. The molecule has 0 spiro atoms. The Bertz CT molecular complexity index is 1050. The molecular formula is C26H26N2O+2. The Morgan fingerprint density at radius 1 is 0.586 bits per heavy atom. The molecule has 0 fully saturated rings. The number of nitrogens with zero attached hydrogens (tertiary/aromatic N) is 2. The number of benzene rings is 2. The smallest absolute Gasteiger partial charge is 0.173 e. The Morgan fingerprint density at radius 2 is 1.00 bits per heavy atom. The molecular weight excluding hydrogens is 356 g/mol. The van der Waals surface area contributed by atoms with Gasteiger partial charge < -0.3 is 4.74 Å². The largest absolute Gasteiger partial charge is 0.497 e. The summed E-state index contributed by atoms with van der Waals surface area (Å²) in [4.78, 5) is 0. The molecule has 2 aromatic carbocycles. The Hall–Kier alpha value is -3.46. The van der Waals surface area contributed by atoms with Crippen LogP contribution in [0.2, 0.25) is 0 Å². The summed E-state index contributed by atoms with van der Waals surface area (Å²) >= 11 is 0. The van der Waals surface area contributed by atoms with Crippen molar-refractivity contribution in [3.05, 3.63) is 114 Å². The molecule has 0 aliphatic carbocycles. The molecule has 0 aliphatic rings. The second-order valence-electron chi connectivity index (χ2n) is 7.35. The number of hydrogen-bond donors (Lipinski definition) is 0. The van der Waals surface area contributed by atoms with Gasteiger partial charge in [-0.3, -0.25) is 0 Å². The molecule has 0 atom stereocenters. The zero-order chi connectivity index (χ0) is 20.1. The summed E-state index contributed by atoms with van der Waals surface area (Å²) in [6.45, 7) is 3.85. The summed E-state index contributed by atoms with van der Waals surface area (Å²) in [5.74, 6) is 0.887. The Labute approximate surface area is 172 Å². The SMILES string of the molecule is COc1ccc(C[n+]2ccc(-c3cc[n+](Cc4ccc(C)cc4)cc3)cc2)cc1. The molecule has 0 bridgehead atoms. The number of aryl methyl sites for hydroxylation is 1. The molecule has 2 aromatic heterocycles. The third-order valence-corrected chi connectivity index (χ3v) is 5.13. The van der Waals surface area contributed by atoms with Crippen LogP contribution in [-0.4, -0.2) is 7.11 Å². The van der Waals surface area contributed by atoms with E-state index in [1.165, 1.54) is 27.8 Å². The fourth-order valence-electron chi connectivity index (χ4n) is 3.36. The van der Waals surface area contributed by atoms with E-state index in [9.17, 15) is 0 Å². The van der Waals surface area contributed by atoms with Crippen LogP contribution in [0.1, 0.15) is 16.7 Å². The number of hydrogen-bond acceptors (Lipinski definition) is 1. The maximum Gasteiger partial charge on any atom is 0.173 e. The highest BCUT2D eigenvalue weighted by Crippen LogP contribution is 2.16. The minimum atomic E-state index is 0.843. The molecule has 144 valence electrons. The van der Waals surface area contributed by atoms with Crippen molar-refractivity contribution in [3.8, 4) is 16.9 Å². The lowest BCUT2D eigenvalue weighted by atomic mass is 10.1. The molecule has 3 nitrogen and oxygen atoms in total. The van der Waals surface area contributed by atoms with Gasteiger partial charge in [-0.05, 0) is 42.3 Å². The number of rotatable bonds is 6. The molecule has 0 aliphatic heterocycles. The average Bonchev–Trinajstić information content (AvgIpc) is 2.77. The van der Waals surface area contributed by atoms with Crippen molar-refractivity contribution in [2.75, 3.05) is 7.11 Å². The standard InChI is InChI=1S/C26H26N2O/c1-21-3-5-22(6-4-21)19-27-15-11-24(12-16-27)25-13-17-28(18-14-25)20-23-7-9-26(29-2)10-8-23/h3-18H,19-20H2,1-2H3/q+2. The van der Waals surface area contributed by atoms with Gasteiger partial charge in [0.15, 0.2) is 37.9 Å². The van der Waals surface area contributed by atoms with Crippen molar-refractivity contribution in [1.82, 2.24) is 0 Å². The summed E-state index contributed by atoms with van der Waals surface area (Å²) in [5.41, 5.74) is 6.30. The van der Waals surface area contributed by atoms with Crippen LogP contribution in [-0.2, 0) is 13.1 Å². The molecule has 0 radical (unpaired) electrons. The van der Waals surface area contributed by atoms with E-state index < -0.39 is 0 Å². The minimum absolute atomic E-state index is 0.843. The van der Waals surface area contributed by atoms with Gasteiger partial charge in [-0.1, -0.05) is 29.8 Å². The molecule has 0 saturated carbocycles. The topological polar surface area (TPSA) is 17.0 Å². The van der Waals surface area contributed by atoms with E-state index in [0.29, 0.717) is 0 Å². The minimum Gasteiger partial charge on any atom is -0.497 e. The summed E-state index contributed by atoms with van der Waals surface area (Å²) in [5, 5.41) is 0. The Balaban J connectivity index is 1.42. The average molecular weight is 383 g/mol. The second-order valence-corrected chi connectivity index (χ2v) is 7.35. The van der Waals surface area contributed by atoms with Crippen LogP contribution in [0.3, 0.4) is 0 Å². The predicted octanol–water partition coefficient (Wildman–Crippen LogP) is 4.34. The normalized spacial score (nSPS) is 10.7. The van der Waals surface area contributed by atoms with Crippen LogP contribution < -0.4 is 13.9 Å². The first-order chi connectivity index (χ1) is 14.2. The third kappa shape index (κ3) is 4.88. The third-order valence-electron chi connectivity index (χ3n) is 5.13. The van der Waals surface area contributed by atoms with Crippen molar-refractivity contribution in [3.63, 3.8) is 0 Å². The quantitative estimate of drug-likeness (QED) is 0.453. The van der Waals surface area contributed by atoms with Crippen LogP contribution >= 0.6 is 0 Å². The van der Waals surface area contributed by atoms with Crippen LogP contribution in [0.25, 0.3) is 11.1 Å². The maximum atomic E-state index is 5.22. The van der Waals surface area contributed by atoms with Gasteiger partial charge in [0.2, 0.25) is 0 Å². The van der Waals surface area contributed by atoms with E-state index in [4.69, 9.17) is 4.74 Å². The van der Waals surface area contributed by atoms with Gasteiger partial charge in [0, 0.05) is 35.4 Å². The zero-order valence-corrected chi connectivity index (χ0v) is 17.0. The maximum absolute atomic E-state index is 5.22. The van der Waals surface area contributed by atoms with Crippen LogP contribution in [0, 0.1) is 6.92 Å². The second kappa shape index (κ2) is 8.70. The lowest BCUT2D eigenvalue weighted by molar-refractivity contribution is -0.688. The van der Waals surface area contributed by atoms with Crippen LogP contribution in [0.5, 0.6) is 5.75 Å². The fourth-order valence-corrected chi connectivity index (χ4v) is 3.36. The molecule has 0 amide bonds. The van der Waals surface area contributed by atoms with Crippen molar-refractivity contribution in [2.45, 2.75) is 20.0 Å². The summed E-state index contributed by atoms with van der Waals surface area (Å²) in [6, 6.07) is 25.6. The molecule has 29 heavy (non-hydrogen) atoms. The lowest BCUT2D eigenvalue weighted by Crippen LogP contribution is -2.33. The lowest BCUT2D eigenvalue weighted by Gasteiger charge is -2.03. The van der Waals surface area contributed by atoms with Crippen molar-refractivity contribution >= 4 is 0 Å². The van der Waals surface area contributed by atoms with Crippen molar-refractivity contribution < 1.29 is 13.9 Å². The van der Waals surface area contributed by atoms with E-state index in [0.717, 1.165) is 18.8 Å².